The molecule has 0 fully saturated rings. The van der Waals surface area contributed by atoms with Crippen molar-refractivity contribution < 1.29 is 19.4 Å². The van der Waals surface area contributed by atoms with Crippen molar-refractivity contribution in [1.29, 1.82) is 0 Å². The number of nitrogens with one attached hydrogen (secondary N) is 1. The number of ether oxygens (including phenoxy) is 1. The molecule has 0 amide bonds. The Balaban J connectivity index is 2.13. The molecule has 0 saturated heterocycles. The van der Waals surface area contributed by atoms with Gasteiger partial charge in [-0.05, 0) is 24.6 Å². The molecular formula is C15H14N4O4. The van der Waals surface area contributed by atoms with Crippen LogP contribution in [0.25, 0.3) is 0 Å². The summed E-state index contributed by atoms with van der Waals surface area (Å²) in [5.41, 5.74) is 1.89. The molecule has 0 bridgehead atoms. The number of aromatic carboxylic acids is 1. The molecule has 2 aromatic rings. The Hall–Kier alpha value is -3.16. The summed E-state index contributed by atoms with van der Waals surface area (Å²) in [4.78, 5) is 27.3. The van der Waals surface area contributed by atoms with E-state index < -0.39 is 18.0 Å². The largest absolute Gasteiger partial charge is 0.478 e. The summed E-state index contributed by atoms with van der Waals surface area (Å²) in [6.45, 7) is 1.75. The van der Waals surface area contributed by atoms with Crippen molar-refractivity contribution in [3.8, 4) is 0 Å². The summed E-state index contributed by atoms with van der Waals surface area (Å²) in [5, 5.41) is 16.2. The van der Waals surface area contributed by atoms with Gasteiger partial charge in [0, 0.05) is 5.70 Å². The Bertz CT molecular complexity index is 807. The molecule has 1 aromatic heterocycles. The Morgan fingerprint density at radius 3 is 2.61 bits per heavy atom. The number of fused-ring (bicyclic) bond motifs is 1. The van der Waals surface area contributed by atoms with Gasteiger partial charge in [0.1, 0.15) is 12.4 Å². The van der Waals surface area contributed by atoms with E-state index in [1.807, 2.05) is 0 Å². The Morgan fingerprint density at radius 2 is 2.00 bits per heavy atom. The number of rotatable bonds is 3. The molecule has 1 aliphatic heterocycles. The molecule has 8 heteroatoms. The van der Waals surface area contributed by atoms with Crippen LogP contribution in [0.4, 0.5) is 5.95 Å². The summed E-state index contributed by atoms with van der Waals surface area (Å²) >= 11 is 0. The van der Waals surface area contributed by atoms with E-state index in [9.17, 15) is 9.59 Å². The van der Waals surface area contributed by atoms with Gasteiger partial charge in [-0.2, -0.15) is 10.1 Å². The standard InChI is InChI=1S/C15H14N4O4/c1-8-11(14(22)23-2)12(19-15(18-8)16-7-17-19)9-3-5-10(6-4-9)13(20)21/h3-7,12H,1-2H3,(H,20,21)(H,16,17,18). The first-order chi connectivity index (χ1) is 11.0. The number of allylic oxidation sites excluding steroid dienone is 1. The lowest BCUT2D eigenvalue weighted by molar-refractivity contribution is -0.136. The number of anilines is 1. The highest BCUT2D eigenvalue weighted by atomic mass is 16.5. The molecule has 1 atom stereocenters. The third-order valence-electron chi connectivity index (χ3n) is 3.67. The predicted octanol–water partition coefficient (Wildman–Crippen LogP) is 1.44. The van der Waals surface area contributed by atoms with Crippen LogP contribution in [0.2, 0.25) is 0 Å². The molecule has 23 heavy (non-hydrogen) atoms. The summed E-state index contributed by atoms with van der Waals surface area (Å²) in [6.07, 6.45) is 1.38. The fourth-order valence-electron chi connectivity index (χ4n) is 2.58. The van der Waals surface area contributed by atoms with Gasteiger partial charge >= 0.3 is 11.9 Å². The average molecular weight is 314 g/mol. The first-order valence-electron chi connectivity index (χ1n) is 6.81. The molecule has 118 valence electrons. The van der Waals surface area contributed by atoms with Gasteiger partial charge < -0.3 is 15.2 Å². The second kappa shape index (κ2) is 5.56. The molecule has 1 aromatic carbocycles. The first-order valence-corrected chi connectivity index (χ1v) is 6.81. The Kier molecular flexibility index (Phi) is 3.57. The number of carbonyl (C=O) groups is 2. The maximum Gasteiger partial charge on any atom is 0.338 e. The van der Waals surface area contributed by atoms with Crippen LogP contribution in [-0.2, 0) is 9.53 Å². The van der Waals surface area contributed by atoms with Crippen molar-refractivity contribution >= 4 is 17.9 Å². The lowest BCUT2D eigenvalue weighted by Crippen LogP contribution is -2.29. The zero-order chi connectivity index (χ0) is 16.6. The van der Waals surface area contributed by atoms with Crippen LogP contribution in [0.3, 0.4) is 0 Å². The molecule has 0 aliphatic carbocycles. The van der Waals surface area contributed by atoms with Crippen LogP contribution < -0.4 is 5.32 Å². The van der Waals surface area contributed by atoms with Crippen LogP contribution in [-0.4, -0.2) is 38.9 Å². The van der Waals surface area contributed by atoms with Crippen molar-refractivity contribution in [2.45, 2.75) is 13.0 Å². The highest BCUT2D eigenvalue weighted by molar-refractivity contribution is 5.92. The minimum Gasteiger partial charge on any atom is -0.478 e. The molecule has 3 rings (SSSR count). The maximum atomic E-state index is 12.2. The quantitative estimate of drug-likeness (QED) is 0.825. The average Bonchev–Trinajstić information content (AvgIpc) is 3.00. The molecule has 1 unspecified atom stereocenters. The summed E-state index contributed by atoms with van der Waals surface area (Å²) < 4.78 is 6.44. The predicted molar refractivity (Wildman–Crippen MR) is 79.9 cm³/mol. The van der Waals surface area contributed by atoms with E-state index in [1.165, 1.54) is 25.6 Å². The molecule has 0 saturated carbocycles. The minimum atomic E-state index is -1.01. The lowest BCUT2D eigenvalue weighted by atomic mass is 9.95. The normalized spacial score (nSPS) is 16.5. The smallest absolute Gasteiger partial charge is 0.338 e. The molecular weight excluding hydrogens is 300 g/mol. The van der Waals surface area contributed by atoms with Crippen molar-refractivity contribution in [2.24, 2.45) is 0 Å². The third-order valence-corrected chi connectivity index (χ3v) is 3.67. The number of nitrogens with zero attached hydrogens (tertiary/aromatic N) is 3. The van der Waals surface area contributed by atoms with E-state index in [0.29, 0.717) is 22.8 Å². The highest BCUT2D eigenvalue weighted by Gasteiger charge is 2.33. The zero-order valence-electron chi connectivity index (χ0n) is 12.5. The van der Waals surface area contributed by atoms with Crippen molar-refractivity contribution in [3.63, 3.8) is 0 Å². The van der Waals surface area contributed by atoms with Gasteiger partial charge in [0.15, 0.2) is 0 Å². The summed E-state index contributed by atoms with van der Waals surface area (Å²) in [5.74, 6) is -0.992. The fraction of sp³-hybridized carbons (Fsp3) is 0.200. The number of methoxy groups -OCH3 is 1. The number of carboxylic acid groups (broad SMARTS) is 1. The van der Waals surface area contributed by atoms with Crippen LogP contribution >= 0.6 is 0 Å². The highest BCUT2D eigenvalue weighted by Crippen LogP contribution is 2.35. The van der Waals surface area contributed by atoms with Gasteiger partial charge in [0.2, 0.25) is 5.95 Å². The molecule has 8 nitrogen and oxygen atoms in total. The number of hydrogen-bond donors (Lipinski definition) is 2. The van der Waals surface area contributed by atoms with Crippen molar-refractivity contribution in [2.75, 3.05) is 12.4 Å². The lowest BCUT2D eigenvalue weighted by Gasteiger charge is -2.27. The van der Waals surface area contributed by atoms with Crippen LogP contribution in [0.5, 0.6) is 0 Å². The Labute approximate surface area is 131 Å². The number of carboxylic acids is 1. The van der Waals surface area contributed by atoms with E-state index in [2.05, 4.69) is 15.4 Å². The van der Waals surface area contributed by atoms with E-state index in [0.717, 1.165) is 0 Å². The van der Waals surface area contributed by atoms with Gasteiger partial charge in [-0.3, -0.25) is 0 Å². The SMILES string of the molecule is COC(=O)C1=C(C)Nc2ncnn2C1c1ccc(C(=O)O)cc1. The van der Waals surface area contributed by atoms with Gasteiger partial charge in [-0.25, -0.2) is 14.3 Å². The monoisotopic (exact) mass is 314 g/mol. The molecule has 0 spiro atoms. The van der Waals surface area contributed by atoms with Gasteiger partial charge in [-0.15, -0.1) is 0 Å². The fourth-order valence-corrected chi connectivity index (χ4v) is 2.58. The topological polar surface area (TPSA) is 106 Å². The molecule has 2 heterocycles. The number of hydrogen-bond acceptors (Lipinski definition) is 6. The second-order valence-electron chi connectivity index (χ2n) is 5.01. The minimum absolute atomic E-state index is 0.168. The number of benzene rings is 1. The van der Waals surface area contributed by atoms with Crippen LogP contribution in [0.15, 0.2) is 41.9 Å². The first kappa shape index (κ1) is 14.8. The Morgan fingerprint density at radius 1 is 1.30 bits per heavy atom. The van der Waals surface area contributed by atoms with Gasteiger partial charge in [0.25, 0.3) is 0 Å². The summed E-state index contributed by atoms with van der Waals surface area (Å²) in [6, 6.07) is 5.74. The van der Waals surface area contributed by atoms with Gasteiger partial charge in [-0.1, -0.05) is 12.1 Å². The van der Waals surface area contributed by atoms with Crippen molar-refractivity contribution in [1.82, 2.24) is 14.8 Å². The van der Waals surface area contributed by atoms with Crippen LogP contribution in [0.1, 0.15) is 28.9 Å². The number of aromatic nitrogens is 3. The third kappa shape index (κ3) is 2.44. The van der Waals surface area contributed by atoms with Crippen molar-refractivity contribution in [3.05, 3.63) is 53.0 Å². The van der Waals surface area contributed by atoms with E-state index in [1.54, 1.807) is 23.7 Å². The van der Waals surface area contributed by atoms with E-state index in [4.69, 9.17) is 9.84 Å². The zero-order valence-corrected chi connectivity index (χ0v) is 12.5. The number of esters is 1. The molecule has 2 N–H and O–H groups in total. The maximum absolute atomic E-state index is 12.2. The summed E-state index contributed by atoms with van der Waals surface area (Å²) in [7, 11) is 1.31. The number of carbonyl (C=O) groups excluding carboxylic acids is 1. The van der Waals surface area contributed by atoms with Crippen LogP contribution in [0, 0.1) is 0 Å². The van der Waals surface area contributed by atoms with E-state index in [-0.39, 0.29) is 5.56 Å². The van der Waals surface area contributed by atoms with E-state index >= 15 is 0 Å². The molecule has 1 aliphatic rings. The molecule has 0 radical (unpaired) electrons. The van der Waals surface area contributed by atoms with Gasteiger partial charge in [0.05, 0.1) is 18.2 Å². The second-order valence-corrected chi connectivity index (χ2v) is 5.01.